The lowest BCUT2D eigenvalue weighted by atomic mass is 10.1. The minimum absolute atomic E-state index is 0.0516. The summed E-state index contributed by atoms with van der Waals surface area (Å²) in [6, 6.07) is 6.48. The van der Waals surface area contributed by atoms with E-state index >= 15 is 0 Å². The fourth-order valence-electron chi connectivity index (χ4n) is 3.94. The summed E-state index contributed by atoms with van der Waals surface area (Å²) in [4.78, 5) is 24.9. The molecule has 136 valence electrons. The lowest BCUT2D eigenvalue weighted by Gasteiger charge is -2.34. The Kier molecular flexibility index (Phi) is 4.63. The van der Waals surface area contributed by atoms with Crippen molar-refractivity contribution in [2.45, 2.75) is 31.3 Å². The SMILES string of the molecule is O=C(CCCN1C[C@@H]2C[C@H]1CN2c1ncc(F)cn1)c1ccc(F)cc1. The van der Waals surface area contributed by atoms with Crippen LogP contribution in [0, 0.1) is 11.6 Å². The molecule has 2 bridgehead atoms. The Balaban J connectivity index is 1.26. The average molecular weight is 358 g/mol. The van der Waals surface area contributed by atoms with Crippen molar-refractivity contribution in [3.63, 3.8) is 0 Å². The summed E-state index contributed by atoms with van der Waals surface area (Å²) in [5, 5.41) is 0. The Labute approximate surface area is 150 Å². The molecule has 3 heterocycles. The molecule has 5 nitrogen and oxygen atoms in total. The van der Waals surface area contributed by atoms with Crippen LogP contribution in [0.1, 0.15) is 29.6 Å². The van der Waals surface area contributed by atoms with Crippen molar-refractivity contribution < 1.29 is 13.6 Å². The van der Waals surface area contributed by atoms with Crippen LogP contribution in [0.3, 0.4) is 0 Å². The fourth-order valence-corrected chi connectivity index (χ4v) is 3.94. The number of ketones is 1. The topological polar surface area (TPSA) is 49.3 Å². The van der Waals surface area contributed by atoms with Crippen molar-refractivity contribution in [3.05, 3.63) is 53.9 Å². The van der Waals surface area contributed by atoms with Crippen LogP contribution in [0.15, 0.2) is 36.7 Å². The van der Waals surface area contributed by atoms with Gasteiger partial charge < -0.3 is 4.90 Å². The van der Waals surface area contributed by atoms with E-state index in [1.54, 1.807) is 0 Å². The van der Waals surface area contributed by atoms with Crippen molar-refractivity contribution in [1.29, 1.82) is 0 Å². The third kappa shape index (κ3) is 3.44. The van der Waals surface area contributed by atoms with Gasteiger partial charge in [0.15, 0.2) is 11.6 Å². The number of piperazine rings is 1. The number of likely N-dealkylation sites (tertiary alicyclic amines) is 1. The lowest BCUT2D eigenvalue weighted by Crippen LogP contribution is -2.47. The Morgan fingerprint density at radius 1 is 1.04 bits per heavy atom. The zero-order valence-corrected chi connectivity index (χ0v) is 14.3. The van der Waals surface area contributed by atoms with E-state index in [-0.39, 0.29) is 11.6 Å². The molecule has 0 aliphatic carbocycles. The highest BCUT2D eigenvalue weighted by Gasteiger charge is 2.43. The number of hydrogen-bond donors (Lipinski definition) is 0. The second-order valence-corrected chi connectivity index (χ2v) is 6.93. The first kappa shape index (κ1) is 17.0. The molecule has 7 heteroatoms. The van der Waals surface area contributed by atoms with Crippen LogP contribution in [0.5, 0.6) is 0 Å². The number of halogens is 2. The fraction of sp³-hybridized carbons (Fsp3) is 0.421. The van der Waals surface area contributed by atoms with E-state index in [9.17, 15) is 13.6 Å². The molecule has 0 unspecified atom stereocenters. The molecule has 2 atom stereocenters. The first-order chi connectivity index (χ1) is 12.6. The van der Waals surface area contributed by atoms with Gasteiger partial charge in [-0.05, 0) is 43.7 Å². The van der Waals surface area contributed by atoms with Crippen molar-refractivity contribution in [2.24, 2.45) is 0 Å². The van der Waals surface area contributed by atoms with Gasteiger partial charge in [-0.2, -0.15) is 0 Å². The van der Waals surface area contributed by atoms with E-state index in [0.29, 0.717) is 30.0 Å². The number of hydrogen-bond acceptors (Lipinski definition) is 5. The van der Waals surface area contributed by atoms with Gasteiger partial charge in [-0.15, -0.1) is 0 Å². The summed E-state index contributed by atoms with van der Waals surface area (Å²) in [5.74, 6) is -0.115. The van der Waals surface area contributed by atoms with Gasteiger partial charge in [0, 0.05) is 37.2 Å². The lowest BCUT2D eigenvalue weighted by molar-refractivity contribution is 0.0973. The van der Waals surface area contributed by atoms with Crippen molar-refractivity contribution in [2.75, 3.05) is 24.5 Å². The van der Waals surface area contributed by atoms with Gasteiger partial charge in [-0.1, -0.05) is 0 Å². The highest BCUT2D eigenvalue weighted by molar-refractivity contribution is 5.95. The summed E-state index contributed by atoms with van der Waals surface area (Å²) >= 11 is 0. The molecule has 2 saturated heterocycles. The van der Waals surface area contributed by atoms with Crippen LogP contribution in [-0.4, -0.2) is 52.4 Å². The summed E-state index contributed by atoms with van der Waals surface area (Å²) in [6.45, 7) is 2.62. The molecule has 2 fully saturated rings. The number of aromatic nitrogens is 2. The van der Waals surface area contributed by atoms with Gasteiger partial charge in [0.2, 0.25) is 5.95 Å². The first-order valence-electron chi connectivity index (χ1n) is 8.87. The Morgan fingerprint density at radius 3 is 2.42 bits per heavy atom. The number of carbonyl (C=O) groups is 1. The third-order valence-electron chi connectivity index (χ3n) is 5.23. The number of nitrogens with zero attached hydrogens (tertiary/aromatic N) is 4. The maximum atomic E-state index is 13.0. The van der Waals surface area contributed by atoms with E-state index in [1.807, 2.05) is 0 Å². The van der Waals surface area contributed by atoms with Gasteiger partial charge in [0.25, 0.3) is 0 Å². The summed E-state index contributed by atoms with van der Waals surface area (Å²) in [7, 11) is 0. The maximum absolute atomic E-state index is 13.0. The predicted molar refractivity (Wildman–Crippen MR) is 93.1 cm³/mol. The minimum atomic E-state index is -0.425. The van der Waals surface area contributed by atoms with Crippen LogP contribution < -0.4 is 4.90 Å². The number of carbonyl (C=O) groups excluding carboxylic acids is 1. The molecule has 2 aliphatic heterocycles. The number of fused-ring (bicyclic) bond motifs is 2. The maximum Gasteiger partial charge on any atom is 0.225 e. The zero-order chi connectivity index (χ0) is 18.1. The molecular weight excluding hydrogens is 338 g/mol. The van der Waals surface area contributed by atoms with Crippen LogP contribution in [0.25, 0.3) is 0 Å². The van der Waals surface area contributed by atoms with Crippen LogP contribution in [0.2, 0.25) is 0 Å². The number of benzene rings is 1. The number of anilines is 1. The third-order valence-corrected chi connectivity index (χ3v) is 5.23. The molecule has 0 spiro atoms. The second kappa shape index (κ2) is 7.07. The van der Waals surface area contributed by atoms with E-state index in [2.05, 4.69) is 19.8 Å². The molecule has 26 heavy (non-hydrogen) atoms. The molecule has 2 aliphatic rings. The van der Waals surface area contributed by atoms with Gasteiger partial charge in [0.05, 0.1) is 12.4 Å². The molecule has 2 aromatic rings. The monoisotopic (exact) mass is 358 g/mol. The molecule has 1 aromatic carbocycles. The van der Waals surface area contributed by atoms with E-state index in [0.717, 1.165) is 32.5 Å². The second-order valence-electron chi connectivity index (χ2n) is 6.93. The van der Waals surface area contributed by atoms with Gasteiger partial charge in [-0.25, -0.2) is 18.7 Å². The summed E-state index contributed by atoms with van der Waals surface area (Å²) in [6.07, 6.45) is 4.70. The van der Waals surface area contributed by atoms with Gasteiger partial charge in [-0.3, -0.25) is 9.69 Å². The zero-order valence-electron chi connectivity index (χ0n) is 14.3. The highest BCUT2D eigenvalue weighted by Crippen LogP contribution is 2.32. The largest absolute Gasteiger partial charge is 0.335 e. The van der Waals surface area contributed by atoms with E-state index in [4.69, 9.17) is 0 Å². The van der Waals surface area contributed by atoms with Crippen molar-refractivity contribution in [1.82, 2.24) is 14.9 Å². The average Bonchev–Trinajstić information content (AvgIpc) is 3.23. The smallest absolute Gasteiger partial charge is 0.225 e. The summed E-state index contributed by atoms with van der Waals surface area (Å²) < 4.78 is 25.9. The molecular formula is C19H20F2N4O. The Morgan fingerprint density at radius 2 is 1.77 bits per heavy atom. The quantitative estimate of drug-likeness (QED) is 0.743. The number of Topliss-reactive ketones (excluding diaryl/α,β-unsaturated/α-hetero) is 1. The molecule has 0 N–H and O–H groups in total. The van der Waals surface area contributed by atoms with E-state index < -0.39 is 5.82 Å². The van der Waals surface area contributed by atoms with Gasteiger partial charge in [0.1, 0.15) is 5.82 Å². The number of rotatable bonds is 6. The first-order valence-corrected chi connectivity index (χ1v) is 8.87. The highest BCUT2D eigenvalue weighted by atomic mass is 19.1. The van der Waals surface area contributed by atoms with Crippen molar-refractivity contribution >= 4 is 11.7 Å². The summed E-state index contributed by atoms with van der Waals surface area (Å²) in [5.41, 5.74) is 0.564. The van der Waals surface area contributed by atoms with Gasteiger partial charge >= 0.3 is 0 Å². The molecule has 0 amide bonds. The Hall–Kier alpha value is -2.41. The van der Waals surface area contributed by atoms with Crippen LogP contribution >= 0.6 is 0 Å². The van der Waals surface area contributed by atoms with Crippen molar-refractivity contribution in [3.8, 4) is 0 Å². The molecule has 1 aromatic heterocycles. The molecule has 0 radical (unpaired) electrons. The van der Waals surface area contributed by atoms with Crippen LogP contribution in [-0.2, 0) is 0 Å². The normalized spacial score (nSPS) is 22.2. The van der Waals surface area contributed by atoms with Crippen LogP contribution in [0.4, 0.5) is 14.7 Å². The molecule has 0 saturated carbocycles. The standard InChI is InChI=1S/C19H20F2N4O/c20-14-5-3-13(4-6-14)18(26)2-1-7-24-11-17-8-16(24)12-25(17)19-22-9-15(21)10-23-19/h3-6,9-10,16-17H,1-2,7-8,11-12H2/t16-,17-/m0/s1. The molecule has 4 rings (SSSR count). The minimum Gasteiger partial charge on any atom is -0.335 e. The van der Waals surface area contributed by atoms with E-state index in [1.165, 1.54) is 36.7 Å². The predicted octanol–water partition coefficient (Wildman–Crippen LogP) is 2.68. The Bertz CT molecular complexity index is 781.